The Balaban J connectivity index is -0.000000591. The third kappa shape index (κ3) is 44.0. The van der Waals surface area contributed by atoms with Gasteiger partial charge in [-0.2, -0.15) is 0 Å². The molecule has 0 saturated carbocycles. The normalized spacial score (nSPS) is 14.8. The minimum absolute atomic E-state index is 0.0733. The van der Waals surface area contributed by atoms with Crippen molar-refractivity contribution in [1.29, 1.82) is 0 Å². The van der Waals surface area contributed by atoms with Crippen LogP contribution in [0.5, 0.6) is 0 Å². The summed E-state index contributed by atoms with van der Waals surface area (Å²) in [7, 11) is 0. The van der Waals surface area contributed by atoms with E-state index in [4.69, 9.17) is 38.6 Å². The number of allylic oxidation sites excluding steroid dienone is 9. The van der Waals surface area contributed by atoms with Gasteiger partial charge in [0.15, 0.2) is 0 Å². The van der Waals surface area contributed by atoms with Gasteiger partial charge in [0.05, 0.1) is 52.9 Å². The molecule has 1 aliphatic rings. The zero-order valence-corrected chi connectivity index (χ0v) is 28.4. The van der Waals surface area contributed by atoms with Gasteiger partial charge >= 0.3 is 17.9 Å². The monoisotopic (exact) mass is 678 g/mol. The fraction of sp³-hybridized carbons (Fsp3) is 0.417. The fourth-order valence-corrected chi connectivity index (χ4v) is 2.36. The molecule has 270 valence electrons. The predicted molar refractivity (Wildman–Crippen MR) is 186 cm³/mol. The molecule has 0 aliphatic carbocycles. The lowest BCUT2D eigenvalue weighted by Crippen LogP contribution is -2.26. The third-order valence-corrected chi connectivity index (χ3v) is 4.55. The van der Waals surface area contributed by atoms with Crippen LogP contribution >= 0.6 is 0 Å². The minimum atomic E-state index is -0.914. The molecule has 0 amide bonds. The number of aliphatic carboxylic acids is 1. The van der Waals surface area contributed by atoms with Crippen LogP contribution in [0.25, 0.3) is 0 Å². The highest BCUT2D eigenvalue weighted by Crippen LogP contribution is 2.07. The number of aliphatic hydroxyl groups is 2. The van der Waals surface area contributed by atoms with Gasteiger partial charge in [0.2, 0.25) is 0 Å². The SMILES string of the molecule is C/C=C/C=C/C(=O)O.C=CCOCC(CO)OC(=O)/C=C/C=C/C.C=CCOCC(O)COC(=O)/C=C/C=C/C.C=CCOCC1CO1. The number of ether oxygens (including phenoxy) is 6. The molecule has 1 saturated heterocycles. The van der Waals surface area contributed by atoms with Crippen molar-refractivity contribution >= 4 is 17.9 Å². The topological polar surface area (TPSA) is 171 Å². The fourth-order valence-electron chi connectivity index (χ4n) is 2.36. The Hall–Kier alpha value is -4.17. The Morgan fingerprint density at radius 3 is 1.69 bits per heavy atom. The van der Waals surface area contributed by atoms with Gasteiger partial charge < -0.3 is 43.7 Å². The average Bonchev–Trinajstić information content (AvgIpc) is 3.89. The van der Waals surface area contributed by atoms with Crippen LogP contribution in [-0.4, -0.2) is 111 Å². The molecule has 1 rings (SSSR count). The molecule has 3 N–H and O–H groups in total. The number of carboxylic acids is 1. The molecule has 3 atom stereocenters. The lowest BCUT2D eigenvalue weighted by Gasteiger charge is -2.13. The maximum atomic E-state index is 11.2. The summed E-state index contributed by atoms with van der Waals surface area (Å²) in [5.41, 5.74) is 0. The number of epoxide rings is 1. The van der Waals surface area contributed by atoms with Crippen molar-refractivity contribution in [3.63, 3.8) is 0 Å². The first kappa shape index (κ1) is 48.2. The number of esters is 2. The van der Waals surface area contributed by atoms with Crippen molar-refractivity contribution in [3.8, 4) is 0 Å². The number of carbonyl (C=O) groups is 3. The van der Waals surface area contributed by atoms with Crippen molar-refractivity contribution in [1.82, 2.24) is 0 Å². The van der Waals surface area contributed by atoms with Gasteiger partial charge in [0, 0.05) is 18.2 Å². The van der Waals surface area contributed by atoms with E-state index in [0.717, 1.165) is 19.3 Å². The summed E-state index contributed by atoms with van der Waals surface area (Å²) in [6.45, 7) is 18.9. The van der Waals surface area contributed by atoms with Crippen LogP contribution in [0.1, 0.15) is 20.8 Å². The Labute approximate surface area is 285 Å². The van der Waals surface area contributed by atoms with E-state index in [1.165, 1.54) is 18.2 Å². The number of carbonyl (C=O) groups excluding carboxylic acids is 2. The molecule has 1 aliphatic heterocycles. The number of aliphatic hydroxyl groups excluding tert-OH is 2. The number of carboxylic acid groups (broad SMARTS) is 1. The van der Waals surface area contributed by atoms with Crippen LogP contribution in [0.3, 0.4) is 0 Å². The van der Waals surface area contributed by atoms with Crippen LogP contribution in [0.4, 0.5) is 0 Å². The standard InChI is InChI=1S/2C12H18O4.C6H10O2.C6H8O2/c1-3-5-6-7-12(14)16-10-11(13)9-15-8-4-2;1-3-5-6-7-12(14)16-11(9-13)10-15-8-4-2;1-2-3-7-4-6-5-8-6;1-2-3-4-5-6(7)8/h2*3-7,11,13H,2,8-10H2,1H3;2,6H,1,3-5H2;2-5H,1H3,(H,7,8)/b2*5-3+,7-6+;;3-2+,5-4+. The van der Waals surface area contributed by atoms with E-state index < -0.39 is 30.1 Å². The molecule has 0 radical (unpaired) electrons. The molecule has 12 nitrogen and oxygen atoms in total. The van der Waals surface area contributed by atoms with Crippen LogP contribution < -0.4 is 0 Å². The largest absolute Gasteiger partial charge is 0.478 e. The van der Waals surface area contributed by atoms with E-state index in [0.29, 0.717) is 25.9 Å². The van der Waals surface area contributed by atoms with Gasteiger partial charge in [-0.15, -0.1) is 19.7 Å². The second-order valence-corrected chi connectivity index (χ2v) is 8.95. The molecule has 1 heterocycles. The predicted octanol–water partition coefficient (Wildman–Crippen LogP) is 4.24. The molecule has 0 aromatic heterocycles. The first-order valence-corrected chi connectivity index (χ1v) is 15.1. The van der Waals surface area contributed by atoms with Gasteiger partial charge in [0.25, 0.3) is 0 Å². The number of rotatable bonds is 22. The molecule has 1 fully saturated rings. The highest BCUT2D eigenvalue weighted by molar-refractivity contribution is 5.82. The summed E-state index contributed by atoms with van der Waals surface area (Å²) in [6, 6.07) is 0. The summed E-state index contributed by atoms with van der Waals surface area (Å²) in [5.74, 6) is -1.90. The molecule has 12 heteroatoms. The Morgan fingerprint density at radius 1 is 0.750 bits per heavy atom. The first-order chi connectivity index (χ1) is 23.1. The van der Waals surface area contributed by atoms with Crippen molar-refractivity contribution in [3.05, 3.63) is 111 Å². The van der Waals surface area contributed by atoms with Crippen LogP contribution in [0.15, 0.2) is 111 Å². The summed E-state index contributed by atoms with van der Waals surface area (Å²) in [5, 5.41) is 26.3. The van der Waals surface area contributed by atoms with E-state index in [9.17, 15) is 19.5 Å². The molecule has 0 bridgehead atoms. The summed E-state index contributed by atoms with van der Waals surface area (Å²) in [6.07, 6.45) is 22.6. The highest BCUT2D eigenvalue weighted by atomic mass is 16.6. The van der Waals surface area contributed by atoms with E-state index >= 15 is 0 Å². The van der Waals surface area contributed by atoms with Crippen molar-refractivity contribution in [2.75, 3.05) is 59.5 Å². The van der Waals surface area contributed by atoms with Gasteiger partial charge in [0.1, 0.15) is 24.9 Å². The van der Waals surface area contributed by atoms with Crippen molar-refractivity contribution in [2.45, 2.75) is 39.1 Å². The Morgan fingerprint density at radius 2 is 1.23 bits per heavy atom. The lowest BCUT2D eigenvalue weighted by atomic mass is 10.4. The van der Waals surface area contributed by atoms with Crippen LogP contribution in [-0.2, 0) is 42.8 Å². The maximum absolute atomic E-state index is 11.2. The molecular weight excluding hydrogens is 624 g/mol. The molecular formula is C36H54O12. The molecule has 0 spiro atoms. The smallest absolute Gasteiger partial charge is 0.331 e. The number of hydrogen-bond acceptors (Lipinski definition) is 11. The molecule has 48 heavy (non-hydrogen) atoms. The molecule has 0 aromatic carbocycles. The highest BCUT2D eigenvalue weighted by Gasteiger charge is 2.21. The molecule has 0 aromatic rings. The third-order valence-electron chi connectivity index (χ3n) is 4.55. The summed E-state index contributed by atoms with van der Waals surface area (Å²) < 4.78 is 29.7. The second-order valence-electron chi connectivity index (χ2n) is 8.95. The van der Waals surface area contributed by atoms with Gasteiger partial charge in [-0.1, -0.05) is 72.9 Å². The van der Waals surface area contributed by atoms with Gasteiger partial charge in [-0.05, 0) is 20.8 Å². The zero-order valence-electron chi connectivity index (χ0n) is 28.4. The quantitative estimate of drug-likeness (QED) is 0.0372. The summed E-state index contributed by atoms with van der Waals surface area (Å²) in [4.78, 5) is 32.0. The minimum Gasteiger partial charge on any atom is -0.478 e. The van der Waals surface area contributed by atoms with E-state index in [2.05, 4.69) is 19.7 Å². The van der Waals surface area contributed by atoms with Crippen molar-refractivity contribution in [2.24, 2.45) is 0 Å². The first-order valence-electron chi connectivity index (χ1n) is 15.1. The van der Waals surface area contributed by atoms with E-state index in [-0.39, 0.29) is 26.4 Å². The lowest BCUT2D eigenvalue weighted by molar-refractivity contribution is -0.148. The van der Waals surface area contributed by atoms with E-state index in [1.54, 1.807) is 66.8 Å². The van der Waals surface area contributed by atoms with E-state index in [1.807, 2.05) is 20.8 Å². The van der Waals surface area contributed by atoms with Crippen molar-refractivity contribution < 1.29 is 58.1 Å². The molecule has 3 unspecified atom stereocenters. The van der Waals surface area contributed by atoms with Gasteiger partial charge in [-0.3, -0.25) is 0 Å². The Bertz CT molecular complexity index is 1020. The zero-order chi connectivity index (χ0) is 36.7. The maximum Gasteiger partial charge on any atom is 0.331 e. The van der Waals surface area contributed by atoms with Crippen LogP contribution in [0.2, 0.25) is 0 Å². The summed E-state index contributed by atoms with van der Waals surface area (Å²) >= 11 is 0. The van der Waals surface area contributed by atoms with Crippen LogP contribution in [0, 0.1) is 0 Å². The number of hydrogen-bond donors (Lipinski definition) is 3. The second kappa shape index (κ2) is 39.0. The Kier molecular flexibility index (Phi) is 39.2. The average molecular weight is 679 g/mol. The van der Waals surface area contributed by atoms with Gasteiger partial charge in [-0.25, -0.2) is 14.4 Å².